The number of hydrogen-bond donors (Lipinski definition) is 4. The van der Waals surface area contributed by atoms with Crippen LogP contribution >= 0.6 is 0 Å². The third-order valence-corrected chi connectivity index (χ3v) is 6.67. The Kier molecular flexibility index (Phi) is 30.9. The lowest BCUT2D eigenvalue weighted by atomic mass is 10.0. The third-order valence-electron chi connectivity index (χ3n) is 6.67. The van der Waals surface area contributed by atoms with Crippen LogP contribution in [0.25, 0.3) is 0 Å². The number of carboxylic acid groups (broad SMARTS) is 1. The number of carbonyl (C=O) groups is 4. The Bertz CT molecular complexity index is 695. The Morgan fingerprint density at radius 3 is 1.28 bits per heavy atom. The fraction of sp³-hybridized carbons (Fsp3) is 0.871. The van der Waals surface area contributed by atoms with Crippen LogP contribution in [-0.4, -0.2) is 102 Å². The molecule has 0 atom stereocenters. The van der Waals surface area contributed by atoms with Crippen molar-refractivity contribution < 1.29 is 43.2 Å². The van der Waals surface area contributed by atoms with Crippen LogP contribution in [0.5, 0.6) is 0 Å². The molecule has 0 unspecified atom stereocenters. The molecule has 43 heavy (non-hydrogen) atoms. The van der Waals surface area contributed by atoms with Crippen LogP contribution < -0.4 is 16.0 Å². The van der Waals surface area contributed by atoms with E-state index >= 15 is 0 Å². The lowest BCUT2D eigenvalue weighted by Crippen LogP contribution is -2.31. The summed E-state index contributed by atoms with van der Waals surface area (Å²) >= 11 is 0. The second kappa shape index (κ2) is 32.6. The van der Waals surface area contributed by atoms with Gasteiger partial charge in [0.15, 0.2) is 0 Å². The molecule has 0 saturated carbocycles. The van der Waals surface area contributed by atoms with Gasteiger partial charge in [0.25, 0.3) is 0 Å². The topological polar surface area (TPSA) is 162 Å². The number of ether oxygens (including phenoxy) is 4. The maximum atomic E-state index is 11.9. The number of amides is 3. The summed E-state index contributed by atoms with van der Waals surface area (Å²) in [6.45, 7) is 2.78. The molecule has 0 bridgehead atoms. The smallest absolute Gasteiger partial charge is 0.303 e. The van der Waals surface area contributed by atoms with Crippen molar-refractivity contribution in [3.63, 3.8) is 0 Å². The monoisotopic (exact) mass is 617 g/mol. The first kappa shape index (κ1) is 40.7. The zero-order chi connectivity index (χ0) is 31.6. The highest BCUT2D eigenvalue weighted by molar-refractivity contribution is 5.77. The van der Waals surface area contributed by atoms with Gasteiger partial charge in [0.2, 0.25) is 17.7 Å². The summed E-state index contributed by atoms with van der Waals surface area (Å²) in [4.78, 5) is 45.1. The van der Waals surface area contributed by atoms with Gasteiger partial charge in [-0.25, -0.2) is 0 Å². The highest BCUT2D eigenvalue weighted by Gasteiger charge is 2.03. The Labute approximate surface area is 258 Å². The Hall–Kier alpha value is -2.28. The van der Waals surface area contributed by atoms with E-state index in [0.717, 1.165) is 32.1 Å². The van der Waals surface area contributed by atoms with Crippen LogP contribution in [0, 0.1) is 0 Å². The number of aliphatic carboxylic acids is 1. The minimum Gasteiger partial charge on any atom is -0.481 e. The normalized spacial score (nSPS) is 10.9. The molecule has 0 heterocycles. The summed E-state index contributed by atoms with van der Waals surface area (Å²) < 4.78 is 21.1. The summed E-state index contributed by atoms with van der Waals surface area (Å²) in [5.74, 6) is -1.07. The summed E-state index contributed by atoms with van der Waals surface area (Å²) in [5.41, 5.74) is 0. The van der Waals surface area contributed by atoms with Gasteiger partial charge in [-0.1, -0.05) is 77.0 Å². The average molecular weight is 618 g/mol. The summed E-state index contributed by atoms with van der Waals surface area (Å²) in [7, 11) is 1.54. The largest absolute Gasteiger partial charge is 0.481 e. The highest BCUT2D eigenvalue weighted by atomic mass is 16.5. The van der Waals surface area contributed by atoms with Gasteiger partial charge in [-0.3, -0.25) is 19.2 Å². The molecule has 0 spiro atoms. The zero-order valence-electron chi connectivity index (χ0n) is 26.6. The van der Waals surface area contributed by atoms with Crippen molar-refractivity contribution in [3.8, 4) is 0 Å². The molecule has 0 radical (unpaired) electrons. The van der Waals surface area contributed by atoms with E-state index in [0.29, 0.717) is 59.0 Å². The van der Waals surface area contributed by atoms with Crippen molar-refractivity contribution >= 4 is 23.7 Å². The molecule has 0 aliphatic heterocycles. The molecule has 4 N–H and O–H groups in total. The SMILES string of the molecule is CNC(=O)COCCOCCNC(=O)COCCOCCNC(=O)CCCCCCCCCCCCCCCCC(=O)O. The fourth-order valence-corrected chi connectivity index (χ4v) is 4.19. The van der Waals surface area contributed by atoms with Crippen molar-refractivity contribution in [1.82, 2.24) is 16.0 Å². The summed E-state index contributed by atoms with van der Waals surface area (Å²) in [5, 5.41) is 16.6. The maximum absolute atomic E-state index is 11.9. The highest BCUT2D eigenvalue weighted by Crippen LogP contribution is 2.13. The molecular weight excluding hydrogens is 558 g/mol. The molecule has 252 valence electrons. The van der Waals surface area contributed by atoms with E-state index in [1.165, 1.54) is 57.8 Å². The fourth-order valence-electron chi connectivity index (χ4n) is 4.19. The zero-order valence-corrected chi connectivity index (χ0v) is 26.6. The predicted octanol–water partition coefficient (Wildman–Crippen LogP) is 3.36. The van der Waals surface area contributed by atoms with E-state index in [1.807, 2.05) is 0 Å². The molecule has 0 saturated heterocycles. The van der Waals surface area contributed by atoms with Crippen LogP contribution in [0.3, 0.4) is 0 Å². The van der Waals surface area contributed by atoms with E-state index < -0.39 is 5.97 Å². The van der Waals surface area contributed by atoms with Gasteiger partial charge in [-0.2, -0.15) is 0 Å². The Balaban J connectivity index is 3.27. The minimum atomic E-state index is -0.689. The van der Waals surface area contributed by atoms with Gasteiger partial charge in [0.1, 0.15) is 13.2 Å². The van der Waals surface area contributed by atoms with Crippen molar-refractivity contribution in [2.24, 2.45) is 0 Å². The van der Waals surface area contributed by atoms with Gasteiger partial charge in [-0.05, 0) is 12.8 Å². The third kappa shape index (κ3) is 34.1. The van der Waals surface area contributed by atoms with Crippen LogP contribution in [0.15, 0.2) is 0 Å². The number of likely N-dealkylation sites (N-methyl/N-ethyl adjacent to an activating group) is 1. The first-order valence-electron chi connectivity index (χ1n) is 16.2. The molecular formula is C31H59N3O9. The second-order valence-corrected chi connectivity index (χ2v) is 10.5. The van der Waals surface area contributed by atoms with Gasteiger partial charge < -0.3 is 40.0 Å². The molecule has 3 amide bonds. The standard InChI is InChI=1S/C31H59N3O9/c1-32-29(36)26-42-24-22-41-21-19-34-30(37)27-43-25-23-40-20-18-33-28(35)16-14-12-10-8-6-4-2-3-5-7-9-11-13-15-17-31(38)39/h2-27H2,1H3,(H,32,36)(H,33,35)(H,34,37)(H,38,39). The van der Waals surface area contributed by atoms with Crippen LogP contribution in [0.1, 0.15) is 103 Å². The minimum absolute atomic E-state index is 0.00162. The number of hydrogen-bond acceptors (Lipinski definition) is 8. The Morgan fingerprint density at radius 1 is 0.465 bits per heavy atom. The molecule has 0 aromatic rings. The number of rotatable bonds is 33. The van der Waals surface area contributed by atoms with Gasteiger partial charge >= 0.3 is 5.97 Å². The van der Waals surface area contributed by atoms with Crippen LogP contribution in [0.4, 0.5) is 0 Å². The Morgan fingerprint density at radius 2 is 0.837 bits per heavy atom. The maximum Gasteiger partial charge on any atom is 0.303 e. The van der Waals surface area contributed by atoms with Gasteiger partial charge in [-0.15, -0.1) is 0 Å². The van der Waals surface area contributed by atoms with E-state index in [1.54, 1.807) is 7.05 Å². The predicted molar refractivity (Wildman–Crippen MR) is 165 cm³/mol. The van der Waals surface area contributed by atoms with Crippen molar-refractivity contribution in [2.45, 2.75) is 103 Å². The first-order valence-corrected chi connectivity index (χ1v) is 16.2. The van der Waals surface area contributed by atoms with E-state index in [2.05, 4.69) is 16.0 Å². The van der Waals surface area contributed by atoms with Crippen molar-refractivity contribution in [1.29, 1.82) is 0 Å². The van der Waals surface area contributed by atoms with E-state index in [-0.39, 0.29) is 37.5 Å². The van der Waals surface area contributed by atoms with Gasteiger partial charge in [0, 0.05) is 33.0 Å². The summed E-state index contributed by atoms with van der Waals surface area (Å²) in [6, 6.07) is 0. The summed E-state index contributed by atoms with van der Waals surface area (Å²) in [6.07, 6.45) is 17.1. The van der Waals surface area contributed by atoms with Crippen LogP contribution in [0.2, 0.25) is 0 Å². The number of carboxylic acids is 1. The molecule has 12 heteroatoms. The number of carbonyl (C=O) groups excluding carboxylic acids is 3. The lowest BCUT2D eigenvalue weighted by Gasteiger charge is -2.08. The first-order chi connectivity index (χ1) is 21.0. The lowest BCUT2D eigenvalue weighted by molar-refractivity contribution is -0.137. The number of nitrogens with one attached hydrogen (secondary N) is 3. The van der Waals surface area contributed by atoms with Crippen LogP contribution in [-0.2, 0) is 38.1 Å². The number of unbranched alkanes of at least 4 members (excludes halogenated alkanes) is 13. The quantitative estimate of drug-likeness (QED) is 0.0810. The second-order valence-electron chi connectivity index (χ2n) is 10.5. The van der Waals surface area contributed by atoms with Gasteiger partial charge in [0.05, 0.1) is 39.6 Å². The van der Waals surface area contributed by atoms with Crippen molar-refractivity contribution in [2.75, 3.05) is 73.0 Å². The molecule has 0 fully saturated rings. The van der Waals surface area contributed by atoms with E-state index in [9.17, 15) is 19.2 Å². The molecule has 0 aliphatic rings. The molecule has 0 aliphatic carbocycles. The average Bonchev–Trinajstić information content (AvgIpc) is 2.99. The molecule has 12 nitrogen and oxygen atoms in total. The van der Waals surface area contributed by atoms with E-state index in [4.69, 9.17) is 24.1 Å². The van der Waals surface area contributed by atoms with Crippen molar-refractivity contribution in [3.05, 3.63) is 0 Å². The molecule has 0 rings (SSSR count). The molecule has 0 aromatic carbocycles. The molecule has 0 aromatic heterocycles.